The molecule has 2 rings (SSSR count). The van der Waals surface area contributed by atoms with E-state index in [-0.39, 0.29) is 5.82 Å². The molecule has 17 heavy (non-hydrogen) atoms. The maximum absolute atomic E-state index is 13.7. The molecule has 0 saturated heterocycles. The van der Waals surface area contributed by atoms with Crippen molar-refractivity contribution in [3.8, 4) is 11.3 Å². The van der Waals surface area contributed by atoms with Gasteiger partial charge in [-0.25, -0.2) is 4.39 Å². The van der Waals surface area contributed by atoms with Crippen LogP contribution in [0.4, 0.5) is 10.2 Å². The first-order valence-corrected chi connectivity index (χ1v) is 5.71. The van der Waals surface area contributed by atoms with E-state index in [1.165, 1.54) is 6.07 Å². The van der Waals surface area contributed by atoms with Gasteiger partial charge in [0.15, 0.2) is 0 Å². The van der Waals surface area contributed by atoms with Crippen molar-refractivity contribution >= 4 is 5.82 Å². The molecule has 2 aromatic rings. The predicted octanol–water partition coefficient (Wildman–Crippen LogP) is 2.76. The number of halogens is 1. The Balaban J connectivity index is 2.59. The highest BCUT2D eigenvalue weighted by atomic mass is 19.1. The standard InChI is InChI=1S/C13H16FN3/c1-3-6-10-12(16-17(2)13(10)15)9-7-4-5-8-11(9)14/h4-5,7-8H,3,6,15H2,1-2H3. The highest BCUT2D eigenvalue weighted by Crippen LogP contribution is 2.29. The van der Waals surface area contributed by atoms with Crippen LogP contribution in [0.5, 0.6) is 0 Å². The molecule has 0 aliphatic carbocycles. The first kappa shape index (κ1) is 11.6. The van der Waals surface area contributed by atoms with Crippen LogP contribution in [0.25, 0.3) is 11.3 Å². The van der Waals surface area contributed by atoms with Gasteiger partial charge < -0.3 is 5.73 Å². The van der Waals surface area contributed by atoms with Crippen molar-refractivity contribution in [3.63, 3.8) is 0 Å². The van der Waals surface area contributed by atoms with E-state index >= 15 is 0 Å². The van der Waals surface area contributed by atoms with Gasteiger partial charge >= 0.3 is 0 Å². The first-order chi connectivity index (χ1) is 8.15. The van der Waals surface area contributed by atoms with Gasteiger partial charge in [0.05, 0.1) is 0 Å². The Hall–Kier alpha value is -1.84. The van der Waals surface area contributed by atoms with E-state index < -0.39 is 0 Å². The summed E-state index contributed by atoms with van der Waals surface area (Å²) in [6.07, 6.45) is 1.76. The molecule has 4 heteroatoms. The first-order valence-electron chi connectivity index (χ1n) is 5.71. The fourth-order valence-corrected chi connectivity index (χ4v) is 1.95. The third-order valence-electron chi connectivity index (χ3n) is 2.82. The van der Waals surface area contributed by atoms with Crippen LogP contribution in [0, 0.1) is 5.82 Å². The molecule has 0 fully saturated rings. The molecule has 2 N–H and O–H groups in total. The minimum Gasteiger partial charge on any atom is -0.384 e. The molecule has 1 aromatic carbocycles. The molecule has 0 saturated carbocycles. The summed E-state index contributed by atoms with van der Waals surface area (Å²) in [6.45, 7) is 2.07. The Kier molecular flexibility index (Phi) is 3.13. The van der Waals surface area contributed by atoms with Gasteiger partial charge in [-0.05, 0) is 18.6 Å². The minimum atomic E-state index is -0.261. The summed E-state index contributed by atoms with van der Waals surface area (Å²) in [5.41, 5.74) is 8.06. The fraction of sp³-hybridized carbons (Fsp3) is 0.308. The predicted molar refractivity (Wildman–Crippen MR) is 67.0 cm³/mol. The molecule has 0 radical (unpaired) electrons. The van der Waals surface area contributed by atoms with Crippen molar-refractivity contribution in [3.05, 3.63) is 35.6 Å². The zero-order chi connectivity index (χ0) is 12.4. The van der Waals surface area contributed by atoms with E-state index in [1.54, 1.807) is 29.9 Å². The number of aryl methyl sites for hydroxylation is 1. The quantitative estimate of drug-likeness (QED) is 0.885. The highest BCUT2D eigenvalue weighted by molar-refractivity contribution is 5.68. The summed E-state index contributed by atoms with van der Waals surface area (Å²) >= 11 is 0. The van der Waals surface area contributed by atoms with E-state index in [4.69, 9.17) is 5.73 Å². The number of anilines is 1. The van der Waals surface area contributed by atoms with Gasteiger partial charge in [-0.3, -0.25) is 4.68 Å². The lowest BCUT2D eigenvalue weighted by Gasteiger charge is -2.03. The van der Waals surface area contributed by atoms with Gasteiger partial charge in [0.2, 0.25) is 0 Å². The van der Waals surface area contributed by atoms with Crippen LogP contribution in [0.1, 0.15) is 18.9 Å². The van der Waals surface area contributed by atoms with Crippen LogP contribution >= 0.6 is 0 Å². The number of aromatic nitrogens is 2. The molecular formula is C13H16FN3. The zero-order valence-electron chi connectivity index (χ0n) is 10.1. The van der Waals surface area contributed by atoms with Crippen LogP contribution in [0.2, 0.25) is 0 Å². The molecule has 0 bridgehead atoms. The smallest absolute Gasteiger partial charge is 0.132 e. The number of benzene rings is 1. The van der Waals surface area contributed by atoms with Crippen LogP contribution in [0.15, 0.2) is 24.3 Å². The van der Waals surface area contributed by atoms with Crippen molar-refractivity contribution in [1.82, 2.24) is 9.78 Å². The minimum absolute atomic E-state index is 0.261. The Bertz CT molecular complexity index is 531. The lowest BCUT2D eigenvalue weighted by molar-refractivity contribution is 0.629. The number of nitrogens with two attached hydrogens (primary N) is 1. The number of nitrogens with zero attached hydrogens (tertiary/aromatic N) is 2. The van der Waals surface area contributed by atoms with Crippen molar-refractivity contribution in [2.45, 2.75) is 19.8 Å². The Morgan fingerprint density at radius 3 is 2.71 bits per heavy atom. The molecule has 3 nitrogen and oxygen atoms in total. The third-order valence-corrected chi connectivity index (χ3v) is 2.82. The Morgan fingerprint density at radius 1 is 1.35 bits per heavy atom. The maximum Gasteiger partial charge on any atom is 0.132 e. The van der Waals surface area contributed by atoms with Gasteiger partial charge in [0.25, 0.3) is 0 Å². The summed E-state index contributed by atoms with van der Waals surface area (Å²) < 4.78 is 15.4. The summed E-state index contributed by atoms with van der Waals surface area (Å²) in [5, 5.41) is 4.31. The molecular weight excluding hydrogens is 217 g/mol. The normalized spacial score (nSPS) is 10.8. The van der Waals surface area contributed by atoms with Crippen LogP contribution < -0.4 is 5.73 Å². The molecule has 0 aliphatic rings. The van der Waals surface area contributed by atoms with E-state index in [0.717, 1.165) is 18.4 Å². The van der Waals surface area contributed by atoms with Crippen molar-refractivity contribution < 1.29 is 4.39 Å². The molecule has 0 aliphatic heterocycles. The Morgan fingerprint density at radius 2 is 2.06 bits per heavy atom. The molecule has 0 amide bonds. The van der Waals surface area contributed by atoms with Crippen LogP contribution in [-0.2, 0) is 13.5 Å². The van der Waals surface area contributed by atoms with Crippen molar-refractivity contribution in [2.24, 2.45) is 7.05 Å². The molecule has 0 spiro atoms. The Labute approximate surface area is 100 Å². The fourth-order valence-electron chi connectivity index (χ4n) is 1.95. The number of nitrogen functional groups attached to an aromatic ring is 1. The monoisotopic (exact) mass is 233 g/mol. The van der Waals surface area contributed by atoms with Crippen molar-refractivity contribution in [1.29, 1.82) is 0 Å². The van der Waals surface area contributed by atoms with Gasteiger partial charge in [-0.2, -0.15) is 5.10 Å². The zero-order valence-corrected chi connectivity index (χ0v) is 10.1. The molecule has 0 atom stereocenters. The largest absolute Gasteiger partial charge is 0.384 e. The summed E-state index contributed by atoms with van der Waals surface area (Å²) in [7, 11) is 1.78. The number of hydrogen-bond acceptors (Lipinski definition) is 2. The second kappa shape index (κ2) is 4.57. The van der Waals surface area contributed by atoms with E-state index in [9.17, 15) is 4.39 Å². The molecule has 1 heterocycles. The average Bonchev–Trinajstić information content (AvgIpc) is 2.58. The van der Waals surface area contributed by atoms with Gasteiger partial charge in [0, 0.05) is 18.2 Å². The lowest BCUT2D eigenvalue weighted by Crippen LogP contribution is -1.99. The third kappa shape index (κ3) is 2.02. The highest BCUT2D eigenvalue weighted by Gasteiger charge is 2.16. The van der Waals surface area contributed by atoms with Crippen LogP contribution in [-0.4, -0.2) is 9.78 Å². The SMILES string of the molecule is CCCc1c(-c2ccccc2F)nn(C)c1N. The van der Waals surface area contributed by atoms with Gasteiger partial charge in [-0.15, -0.1) is 0 Å². The molecule has 90 valence electrons. The summed E-state index contributed by atoms with van der Waals surface area (Å²) in [6, 6.07) is 6.65. The average molecular weight is 233 g/mol. The van der Waals surface area contributed by atoms with Gasteiger partial charge in [0.1, 0.15) is 17.3 Å². The molecule has 1 aromatic heterocycles. The maximum atomic E-state index is 13.7. The van der Waals surface area contributed by atoms with E-state index in [0.29, 0.717) is 17.1 Å². The topological polar surface area (TPSA) is 43.8 Å². The second-order valence-electron chi connectivity index (χ2n) is 4.07. The van der Waals surface area contributed by atoms with Crippen molar-refractivity contribution in [2.75, 3.05) is 5.73 Å². The number of hydrogen-bond donors (Lipinski definition) is 1. The summed E-state index contributed by atoms with van der Waals surface area (Å²) in [5.74, 6) is 0.355. The summed E-state index contributed by atoms with van der Waals surface area (Å²) in [4.78, 5) is 0. The van der Waals surface area contributed by atoms with E-state index in [2.05, 4.69) is 12.0 Å². The number of rotatable bonds is 3. The van der Waals surface area contributed by atoms with E-state index in [1.807, 2.05) is 0 Å². The second-order valence-corrected chi connectivity index (χ2v) is 4.07. The lowest BCUT2D eigenvalue weighted by atomic mass is 10.0. The van der Waals surface area contributed by atoms with Gasteiger partial charge in [-0.1, -0.05) is 25.5 Å². The molecule has 0 unspecified atom stereocenters. The van der Waals surface area contributed by atoms with Crippen LogP contribution in [0.3, 0.4) is 0 Å².